The highest BCUT2D eigenvalue weighted by Crippen LogP contribution is 2.35. The van der Waals surface area contributed by atoms with Crippen LogP contribution < -0.4 is 5.56 Å². The molecule has 0 fully saturated rings. The van der Waals surface area contributed by atoms with Gasteiger partial charge in [0, 0.05) is 35.2 Å². The van der Waals surface area contributed by atoms with Crippen LogP contribution in [0.25, 0.3) is 22.6 Å². The summed E-state index contributed by atoms with van der Waals surface area (Å²) >= 11 is 0. The molecular weight excluding hydrogens is 521 g/mol. The molecule has 3 aromatic heterocycles. The van der Waals surface area contributed by atoms with Gasteiger partial charge in [0.2, 0.25) is 0 Å². The van der Waals surface area contributed by atoms with Crippen LogP contribution in [0.2, 0.25) is 0 Å². The van der Waals surface area contributed by atoms with Crippen molar-refractivity contribution in [3.8, 4) is 28.7 Å². The van der Waals surface area contributed by atoms with Crippen molar-refractivity contribution < 1.29 is 34.8 Å². The van der Waals surface area contributed by atoms with Crippen LogP contribution in [0.4, 0.5) is 22.0 Å². The smallest absolute Gasteiger partial charge is 0.417 e. The second-order valence-electron chi connectivity index (χ2n) is 7.91. The number of halogens is 5. The summed E-state index contributed by atoms with van der Waals surface area (Å²) in [7, 11) is -3.57. The summed E-state index contributed by atoms with van der Waals surface area (Å²) in [5, 5.41) is 9.08. The van der Waals surface area contributed by atoms with E-state index < -0.39 is 56.6 Å². The van der Waals surface area contributed by atoms with E-state index in [1.807, 2.05) is 0 Å². The molecule has 0 saturated heterocycles. The van der Waals surface area contributed by atoms with E-state index in [-0.39, 0.29) is 21.9 Å². The molecule has 4 rings (SSSR count). The zero-order valence-corrected chi connectivity index (χ0v) is 19.5. The van der Waals surface area contributed by atoms with Crippen molar-refractivity contribution in [1.29, 1.82) is 5.26 Å². The maximum Gasteiger partial charge on any atom is 0.417 e. The Morgan fingerprint density at radius 1 is 1.08 bits per heavy atom. The van der Waals surface area contributed by atoms with Gasteiger partial charge in [0.1, 0.15) is 23.3 Å². The van der Waals surface area contributed by atoms with Crippen molar-refractivity contribution in [2.75, 3.05) is 6.26 Å². The number of hydrogen-bond acceptors (Lipinski definition) is 6. The van der Waals surface area contributed by atoms with Crippen molar-refractivity contribution >= 4 is 9.84 Å². The van der Waals surface area contributed by atoms with E-state index in [1.54, 1.807) is 0 Å². The van der Waals surface area contributed by atoms with Crippen LogP contribution in [0.3, 0.4) is 0 Å². The predicted octanol–water partition coefficient (Wildman–Crippen LogP) is 4.79. The van der Waals surface area contributed by atoms with Gasteiger partial charge in [-0.25, -0.2) is 22.2 Å². The maximum absolute atomic E-state index is 14.3. The maximum atomic E-state index is 14.3. The zero-order chi connectivity index (χ0) is 27.1. The second kappa shape index (κ2) is 9.29. The zero-order valence-electron chi connectivity index (χ0n) is 18.7. The van der Waals surface area contributed by atoms with E-state index in [9.17, 15) is 40.4 Å². The molecule has 1 aromatic carbocycles. The van der Waals surface area contributed by atoms with Gasteiger partial charge in [0.25, 0.3) is 5.56 Å². The molecule has 0 atom stereocenters. The predicted molar refractivity (Wildman–Crippen MR) is 120 cm³/mol. The molecule has 0 bridgehead atoms. The summed E-state index contributed by atoms with van der Waals surface area (Å²) in [6.07, 6.45) is -1.74. The van der Waals surface area contributed by atoms with Crippen molar-refractivity contribution in [3.63, 3.8) is 0 Å². The summed E-state index contributed by atoms with van der Waals surface area (Å²) in [6.45, 7) is -0.631. The van der Waals surface area contributed by atoms with E-state index >= 15 is 0 Å². The highest BCUT2D eigenvalue weighted by molar-refractivity contribution is 7.90. The summed E-state index contributed by atoms with van der Waals surface area (Å²) in [5.41, 5.74) is -4.08. The number of benzene rings is 1. The number of hydrogen-bond donors (Lipinski definition) is 0. The van der Waals surface area contributed by atoms with Gasteiger partial charge < -0.3 is 4.42 Å². The molecule has 0 spiro atoms. The summed E-state index contributed by atoms with van der Waals surface area (Å²) in [4.78, 5) is 16.8. The lowest BCUT2D eigenvalue weighted by molar-refractivity contribution is -0.137. The Morgan fingerprint density at radius 3 is 2.38 bits per heavy atom. The standard InChI is InChI=1S/C24H14F5N3O4S/c1-37(34,35)22-5-3-13(10-31-22)15-6-21(36-12-15)20-8-18(24(27,28)29)17(9-30)23(33)32(20)11-14-2-4-16(25)7-19(14)26/h2-8,10,12H,11H2,1H3. The Kier molecular flexibility index (Phi) is 6.47. The highest BCUT2D eigenvalue weighted by atomic mass is 32.2. The lowest BCUT2D eigenvalue weighted by Crippen LogP contribution is -2.29. The number of aromatic nitrogens is 2. The van der Waals surface area contributed by atoms with Crippen LogP contribution in [-0.2, 0) is 22.6 Å². The number of sulfone groups is 1. The average molecular weight is 535 g/mol. The molecule has 0 aliphatic heterocycles. The molecule has 0 aliphatic carbocycles. The average Bonchev–Trinajstić information content (AvgIpc) is 3.30. The molecule has 4 aromatic rings. The van der Waals surface area contributed by atoms with Crippen LogP contribution in [0, 0.1) is 23.0 Å². The fraction of sp³-hybridized carbons (Fsp3) is 0.125. The lowest BCUT2D eigenvalue weighted by atomic mass is 10.1. The third-order valence-corrected chi connectivity index (χ3v) is 6.36. The molecule has 190 valence electrons. The first kappa shape index (κ1) is 25.8. The van der Waals surface area contributed by atoms with Crippen LogP contribution in [-0.4, -0.2) is 24.2 Å². The minimum Gasteiger partial charge on any atom is -0.462 e. The third kappa shape index (κ3) is 5.14. The van der Waals surface area contributed by atoms with Crippen LogP contribution in [0.15, 0.2) is 69.2 Å². The van der Waals surface area contributed by atoms with Gasteiger partial charge in [-0.3, -0.25) is 9.36 Å². The van der Waals surface area contributed by atoms with Gasteiger partial charge in [0.05, 0.1) is 24.1 Å². The fourth-order valence-electron chi connectivity index (χ4n) is 3.55. The van der Waals surface area contributed by atoms with Crippen molar-refractivity contribution in [1.82, 2.24) is 9.55 Å². The molecule has 0 unspecified atom stereocenters. The van der Waals surface area contributed by atoms with Gasteiger partial charge in [-0.1, -0.05) is 6.07 Å². The minimum absolute atomic E-state index is 0.197. The number of pyridine rings is 2. The first-order chi connectivity index (χ1) is 17.3. The molecular formula is C24H14F5N3O4S. The second-order valence-corrected chi connectivity index (χ2v) is 9.87. The molecule has 0 amide bonds. The van der Waals surface area contributed by atoms with E-state index in [1.165, 1.54) is 30.5 Å². The quantitative estimate of drug-likeness (QED) is 0.340. The normalized spacial score (nSPS) is 11.9. The largest absolute Gasteiger partial charge is 0.462 e. The number of furan rings is 1. The Balaban J connectivity index is 1.89. The Bertz CT molecular complexity index is 1720. The van der Waals surface area contributed by atoms with Gasteiger partial charge >= 0.3 is 6.18 Å². The first-order valence-electron chi connectivity index (χ1n) is 10.2. The van der Waals surface area contributed by atoms with Crippen LogP contribution in [0.5, 0.6) is 0 Å². The summed E-state index contributed by atoms with van der Waals surface area (Å²) < 4.78 is 98.1. The Labute approximate surface area is 206 Å². The molecule has 0 radical (unpaired) electrons. The van der Waals surface area contributed by atoms with Crippen molar-refractivity contribution in [2.45, 2.75) is 17.7 Å². The molecule has 0 saturated carbocycles. The lowest BCUT2D eigenvalue weighted by Gasteiger charge is -2.16. The van der Waals surface area contributed by atoms with Gasteiger partial charge in [-0.2, -0.15) is 18.4 Å². The van der Waals surface area contributed by atoms with Crippen LogP contribution >= 0.6 is 0 Å². The Hall–Kier alpha value is -4.31. The molecule has 7 nitrogen and oxygen atoms in total. The van der Waals surface area contributed by atoms with Gasteiger partial charge in [-0.15, -0.1) is 0 Å². The number of nitrogens with zero attached hydrogens (tertiary/aromatic N) is 3. The first-order valence-corrected chi connectivity index (χ1v) is 12.1. The third-order valence-electron chi connectivity index (χ3n) is 5.36. The molecule has 0 N–H and O–H groups in total. The number of nitriles is 1. The van der Waals surface area contributed by atoms with E-state index in [0.717, 1.165) is 29.2 Å². The van der Waals surface area contributed by atoms with E-state index in [0.29, 0.717) is 17.7 Å². The SMILES string of the molecule is CS(=O)(=O)c1ccc(-c2coc(-c3cc(C(F)(F)F)c(C#N)c(=O)n3Cc3ccc(F)cc3F)c2)cn1. The summed E-state index contributed by atoms with van der Waals surface area (Å²) in [6, 6.07) is 8.18. The molecule has 37 heavy (non-hydrogen) atoms. The number of rotatable bonds is 5. The molecule has 3 heterocycles. The summed E-state index contributed by atoms with van der Waals surface area (Å²) in [5.74, 6) is -2.18. The van der Waals surface area contributed by atoms with Gasteiger partial charge in [0.15, 0.2) is 20.6 Å². The monoisotopic (exact) mass is 535 g/mol. The Morgan fingerprint density at radius 2 is 1.81 bits per heavy atom. The van der Waals surface area contributed by atoms with E-state index in [2.05, 4.69) is 4.98 Å². The highest BCUT2D eigenvalue weighted by Gasteiger charge is 2.37. The van der Waals surface area contributed by atoms with Crippen LogP contribution in [0.1, 0.15) is 16.7 Å². The molecule has 0 aliphatic rings. The fourth-order valence-corrected chi connectivity index (χ4v) is 4.11. The molecule has 13 heteroatoms. The minimum atomic E-state index is -5.07. The topological polar surface area (TPSA) is 106 Å². The van der Waals surface area contributed by atoms with E-state index in [4.69, 9.17) is 4.42 Å². The van der Waals surface area contributed by atoms with Gasteiger partial charge in [-0.05, 0) is 30.3 Å². The van der Waals surface area contributed by atoms with Crippen molar-refractivity contribution in [3.05, 3.63) is 93.6 Å². The number of alkyl halides is 3. The van der Waals surface area contributed by atoms with Crippen molar-refractivity contribution in [2.24, 2.45) is 0 Å².